The normalized spacial score (nSPS) is 26.7. The Labute approximate surface area is 252 Å². The molecule has 42 heavy (non-hydrogen) atoms. The Hall–Kier alpha value is -2.35. The van der Waals surface area contributed by atoms with Crippen molar-refractivity contribution in [3.8, 4) is 0 Å². The van der Waals surface area contributed by atoms with Crippen LogP contribution in [0, 0.1) is 23.6 Å². The van der Waals surface area contributed by atoms with E-state index in [-0.39, 0.29) is 29.9 Å². The highest BCUT2D eigenvalue weighted by Crippen LogP contribution is 2.37. The third kappa shape index (κ3) is 10.4. The maximum atomic E-state index is 15.1. The van der Waals surface area contributed by atoms with Crippen molar-refractivity contribution in [3.63, 3.8) is 0 Å². The quantitative estimate of drug-likeness (QED) is 0.372. The van der Waals surface area contributed by atoms with E-state index in [4.69, 9.17) is 4.74 Å². The number of hydrogen-bond donors (Lipinski definition) is 2. The van der Waals surface area contributed by atoms with E-state index in [1.54, 1.807) is 26.0 Å². The second kappa shape index (κ2) is 16.5. The number of rotatable bonds is 5. The van der Waals surface area contributed by atoms with E-state index in [1.807, 2.05) is 4.90 Å². The molecule has 3 aliphatic rings. The van der Waals surface area contributed by atoms with Crippen LogP contribution in [0.5, 0.6) is 0 Å². The largest absolute Gasteiger partial charge is 0.447 e. The molecule has 1 aromatic rings. The first kappa shape index (κ1) is 32.6. The number of amides is 2. The van der Waals surface area contributed by atoms with Gasteiger partial charge in [0.05, 0.1) is 17.9 Å². The van der Waals surface area contributed by atoms with Crippen LogP contribution in [0.2, 0.25) is 0 Å². The van der Waals surface area contributed by atoms with E-state index in [2.05, 4.69) is 10.2 Å². The number of halogens is 1. The smallest absolute Gasteiger partial charge is 0.411 e. The lowest BCUT2D eigenvalue weighted by Gasteiger charge is -2.35. The summed E-state index contributed by atoms with van der Waals surface area (Å²) < 4.78 is 20.2. The van der Waals surface area contributed by atoms with Crippen LogP contribution in [0.3, 0.4) is 0 Å². The van der Waals surface area contributed by atoms with Gasteiger partial charge in [0.25, 0.3) is 0 Å². The van der Waals surface area contributed by atoms with Crippen molar-refractivity contribution in [1.29, 1.82) is 0 Å². The Morgan fingerprint density at radius 1 is 0.929 bits per heavy atom. The number of carbonyl (C=O) groups excluding carboxylic acids is 2. The van der Waals surface area contributed by atoms with E-state index >= 15 is 4.39 Å². The molecule has 0 radical (unpaired) electrons. The molecule has 0 aromatic heterocycles. The van der Waals surface area contributed by atoms with Crippen molar-refractivity contribution < 1.29 is 23.8 Å². The fraction of sp³-hybridized carbons (Fsp3) is 0.765. The third-order valence-corrected chi connectivity index (χ3v) is 9.47. The van der Waals surface area contributed by atoms with Crippen LogP contribution >= 0.6 is 0 Å². The van der Waals surface area contributed by atoms with Gasteiger partial charge in [0.15, 0.2) is 0 Å². The molecular weight excluding hydrogens is 533 g/mol. The van der Waals surface area contributed by atoms with E-state index < -0.39 is 6.09 Å². The first-order chi connectivity index (χ1) is 20.3. The summed E-state index contributed by atoms with van der Waals surface area (Å²) in [6.07, 6.45) is 15.0. The second-order valence-electron chi connectivity index (χ2n) is 13.4. The van der Waals surface area contributed by atoms with Gasteiger partial charge in [-0.05, 0) is 101 Å². The molecule has 236 valence electrons. The maximum Gasteiger partial charge on any atom is 0.411 e. The van der Waals surface area contributed by atoms with Gasteiger partial charge in [0.1, 0.15) is 5.82 Å². The number of aliphatic hydroxyl groups is 1. The standard InChI is InChI=1S/C34H54FN3O4/c1-25(2)42-34(41)36-29-15-16-32(31(35)23-29)38-19-9-11-28(24-38)22-33(40)37-17-7-4-3-5-10-26-13-14-27(20-26)21-30(39)12-6-8-18-37/h15-16,23,25-28,30,39H,3-14,17-22,24H2,1-2H3,(H,36,41). The molecule has 1 aliphatic carbocycles. The lowest BCUT2D eigenvalue weighted by atomic mass is 9.93. The molecule has 4 atom stereocenters. The Morgan fingerprint density at radius 3 is 2.45 bits per heavy atom. The number of hydrogen-bond acceptors (Lipinski definition) is 5. The van der Waals surface area contributed by atoms with Gasteiger partial charge in [-0.15, -0.1) is 0 Å². The molecule has 2 N–H and O–H groups in total. The summed E-state index contributed by atoms with van der Waals surface area (Å²) in [5, 5.41) is 13.2. The molecule has 0 spiro atoms. The molecule has 2 bridgehead atoms. The van der Waals surface area contributed by atoms with Gasteiger partial charge < -0.3 is 19.6 Å². The molecule has 3 fully saturated rings. The minimum atomic E-state index is -0.601. The predicted octanol–water partition coefficient (Wildman–Crippen LogP) is 7.52. The molecule has 1 saturated carbocycles. The van der Waals surface area contributed by atoms with Gasteiger partial charge in [0.2, 0.25) is 5.91 Å². The Morgan fingerprint density at radius 2 is 1.67 bits per heavy atom. The zero-order valence-electron chi connectivity index (χ0n) is 26.0. The van der Waals surface area contributed by atoms with Crippen molar-refractivity contribution in [3.05, 3.63) is 24.0 Å². The van der Waals surface area contributed by atoms with E-state index in [9.17, 15) is 14.7 Å². The highest BCUT2D eigenvalue weighted by Gasteiger charge is 2.28. The van der Waals surface area contributed by atoms with Gasteiger partial charge in [-0.3, -0.25) is 10.1 Å². The molecule has 4 rings (SSSR count). The van der Waals surface area contributed by atoms with E-state index in [1.165, 1.54) is 51.0 Å². The third-order valence-electron chi connectivity index (χ3n) is 9.47. The highest BCUT2D eigenvalue weighted by atomic mass is 19.1. The molecule has 2 heterocycles. The predicted molar refractivity (Wildman–Crippen MR) is 166 cm³/mol. The minimum absolute atomic E-state index is 0.183. The van der Waals surface area contributed by atoms with Crippen LogP contribution in [0.1, 0.15) is 110 Å². The Balaban J connectivity index is 1.29. The van der Waals surface area contributed by atoms with Crippen LogP contribution in [0.4, 0.5) is 20.6 Å². The van der Waals surface area contributed by atoms with Crippen molar-refractivity contribution in [2.45, 2.75) is 122 Å². The molecular formula is C34H54FN3O4. The Kier molecular flexibility index (Phi) is 12.8. The van der Waals surface area contributed by atoms with Gasteiger partial charge >= 0.3 is 6.09 Å². The van der Waals surface area contributed by atoms with E-state index in [0.29, 0.717) is 30.3 Å². The lowest BCUT2D eigenvalue weighted by Crippen LogP contribution is -2.40. The number of nitrogens with one attached hydrogen (secondary N) is 1. The van der Waals surface area contributed by atoms with Crippen molar-refractivity contribution in [2.24, 2.45) is 17.8 Å². The molecule has 2 aliphatic heterocycles. The first-order valence-electron chi connectivity index (χ1n) is 16.7. The molecule has 1 aromatic carbocycles. The van der Waals surface area contributed by atoms with Crippen LogP contribution in [0.25, 0.3) is 0 Å². The zero-order chi connectivity index (χ0) is 29.9. The van der Waals surface area contributed by atoms with Crippen LogP contribution in [-0.2, 0) is 9.53 Å². The van der Waals surface area contributed by atoms with Crippen molar-refractivity contribution in [2.75, 3.05) is 36.4 Å². The average Bonchev–Trinajstić information content (AvgIpc) is 3.37. The summed E-state index contributed by atoms with van der Waals surface area (Å²) in [6.45, 7) is 6.49. The number of anilines is 2. The molecule has 2 saturated heterocycles. The molecule has 4 unspecified atom stereocenters. The van der Waals surface area contributed by atoms with Crippen LogP contribution in [0.15, 0.2) is 18.2 Å². The first-order valence-corrected chi connectivity index (χ1v) is 16.7. The number of aliphatic hydroxyl groups excluding tert-OH is 1. The Bertz CT molecular complexity index is 1000. The number of nitrogens with zero attached hydrogens (tertiary/aromatic N) is 2. The zero-order valence-corrected chi connectivity index (χ0v) is 26.0. The summed E-state index contributed by atoms with van der Waals surface area (Å²) in [7, 11) is 0. The van der Waals surface area contributed by atoms with Crippen LogP contribution < -0.4 is 10.2 Å². The van der Waals surface area contributed by atoms with Crippen LogP contribution in [-0.4, -0.2) is 60.4 Å². The molecule has 2 amide bonds. The molecule has 8 heteroatoms. The topological polar surface area (TPSA) is 82.1 Å². The van der Waals surface area contributed by atoms with E-state index in [0.717, 1.165) is 70.5 Å². The maximum absolute atomic E-state index is 15.1. The highest BCUT2D eigenvalue weighted by molar-refractivity contribution is 5.85. The number of fused-ring (bicyclic) bond motifs is 2. The second-order valence-corrected chi connectivity index (χ2v) is 13.4. The summed E-state index contributed by atoms with van der Waals surface area (Å²) in [4.78, 5) is 29.5. The fourth-order valence-corrected chi connectivity index (χ4v) is 7.32. The average molecular weight is 588 g/mol. The van der Waals surface area contributed by atoms with Gasteiger partial charge in [-0.25, -0.2) is 9.18 Å². The van der Waals surface area contributed by atoms with Gasteiger partial charge in [-0.1, -0.05) is 38.5 Å². The number of ether oxygens (including phenoxy) is 1. The summed E-state index contributed by atoms with van der Waals surface area (Å²) in [5.41, 5.74) is 0.866. The van der Waals surface area contributed by atoms with Gasteiger partial charge in [-0.2, -0.15) is 0 Å². The molecule has 7 nitrogen and oxygen atoms in total. The minimum Gasteiger partial charge on any atom is -0.447 e. The lowest BCUT2D eigenvalue weighted by molar-refractivity contribution is -0.132. The number of carbonyl (C=O) groups is 2. The summed E-state index contributed by atoms with van der Waals surface area (Å²) >= 11 is 0. The number of benzene rings is 1. The summed E-state index contributed by atoms with van der Waals surface area (Å²) in [6, 6.07) is 4.73. The SMILES string of the molecule is CC(C)OC(=O)Nc1ccc(N2CCCC(CC(=O)N3CCCCCCC4CCC(CC(O)CCCC3)C4)C2)c(F)c1. The number of piperidine rings is 1. The fourth-order valence-electron chi connectivity index (χ4n) is 7.32. The van der Waals surface area contributed by atoms with Gasteiger partial charge in [0, 0.05) is 38.3 Å². The van der Waals surface area contributed by atoms with Crippen molar-refractivity contribution in [1.82, 2.24) is 4.90 Å². The van der Waals surface area contributed by atoms with Crippen molar-refractivity contribution >= 4 is 23.4 Å². The summed E-state index contributed by atoms with van der Waals surface area (Å²) in [5.74, 6) is 1.55. The monoisotopic (exact) mass is 587 g/mol.